The van der Waals surface area contributed by atoms with Crippen molar-refractivity contribution in [3.63, 3.8) is 0 Å². The molecular formula is C17H14Br2N2O5. The minimum atomic E-state index is -0.390. The molecule has 0 aliphatic carbocycles. The molecule has 0 saturated heterocycles. The van der Waals surface area contributed by atoms with E-state index in [-0.39, 0.29) is 12.5 Å². The van der Waals surface area contributed by atoms with E-state index in [2.05, 4.69) is 42.4 Å². The summed E-state index contributed by atoms with van der Waals surface area (Å²) in [6, 6.07) is 6.50. The second-order valence-electron chi connectivity index (χ2n) is 5.14. The highest BCUT2D eigenvalue weighted by Crippen LogP contribution is 2.41. The molecule has 2 aromatic carbocycles. The Bertz CT molecular complexity index is 886. The zero-order valence-electron chi connectivity index (χ0n) is 13.6. The molecule has 7 nitrogen and oxygen atoms in total. The summed E-state index contributed by atoms with van der Waals surface area (Å²) in [5.74, 6) is 1.03. The predicted octanol–water partition coefficient (Wildman–Crippen LogP) is 3.81. The Morgan fingerprint density at radius 2 is 2.08 bits per heavy atom. The maximum atomic E-state index is 12.2. The van der Waals surface area contributed by atoms with E-state index >= 15 is 0 Å². The van der Waals surface area contributed by atoms with Crippen LogP contribution in [0.4, 0.5) is 0 Å². The number of nitrogens with one attached hydrogen (secondary N) is 1. The number of rotatable bonds is 5. The van der Waals surface area contributed by atoms with Gasteiger partial charge in [0.05, 0.1) is 17.3 Å². The van der Waals surface area contributed by atoms with Crippen LogP contribution in [0.2, 0.25) is 0 Å². The third-order valence-electron chi connectivity index (χ3n) is 3.48. The van der Waals surface area contributed by atoms with Gasteiger partial charge in [-0.3, -0.25) is 4.79 Å². The van der Waals surface area contributed by atoms with Gasteiger partial charge in [0.1, 0.15) is 0 Å². The highest BCUT2D eigenvalue weighted by atomic mass is 79.9. The normalized spacial score (nSPS) is 12.4. The topological polar surface area (TPSA) is 89.4 Å². The molecular weight excluding hydrogens is 472 g/mol. The monoisotopic (exact) mass is 484 g/mol. The van der Waals surface area contributed by atoms with Crippen molar-refractivity contribution in [2.45, 2.75) is 6.92 Å². The van der Waals surface area contributed by atoms with Gasteiger partial charge < -0.3 is 19.3 Å². The van der Waals surface area contributed by atoms with Crippen LogP contribution in [-0.2, 0) is 0 Å². The number of benzene rings is 2. The van der Waals surface area contributed by atoms with Crippen LogP contribution in [0.1, 0.15) is 22.8 Å². The number of hydrogen-bond acceptors (Lipinski definition) is 6. The van der Waals surface area contributed by atoms with Crippen molar-refractivity contribution in [1.29, 1.82) is 0 Å². The molecule has 1 aliphatic rings. The standard InChI is InChI=1S/C17H14Br2N2O5/c1-2-24-13-6-10(14(18)15(19)16(13)22)7-20-21-17(23)9-3-4-11-12(5-9)26-8-25-11/h3-7,22H,2,8H2,1H3,(H,21,23)/b20-7+. The Labute approximate surface area is 166 Å². The molecule has 2 aromatic rings. The summed E-state index contributed by atoms with van der Waals surface area (Å²) in [4.78, 5) is 12.2. The predicted molar refractivity (Wildman–Crippen MR) is 102 cm³/mol. The minimum Gasteiger partial charge on any atom is -0.503 e. The summed E-state index contributed by atoms with van der Waals surface area (Å²) < 4.78 is 16.9. The van der Waals surface area contributed by atoms with Crippen LogP contribution in [0.3, 0.4) is 0 Å². The lowest BCUT2D eigenvalue weighted by Crippen LogP contribution is -2.17. The molecule has 0 atom stereocenters. The van der Waals surface area contributed by atoms with Gasteiger partial charge in [-0.15, -0.1) is 0 Å². The Morgan fingerprint density at radius 1 is 1.31 bits per heavy atom. The molecule has 0 bridgehead atoms. The molecule has 0 aromatic heterocycles. The van der Waals surface area contributed by atoms with Crippen molar-refractivity contribution in [3.8, 4) is 23.0 Å². The highest BCUT2D eigenvalue weighted by molar-refractivity contribution is 9.13. The number of fused-ring (bicyclic) bond motifs is 1. The Hall–Kier alpha value is -2.26. The number of hydrogen-bond donors (Lipinski definition) is 2. The first-order valence-electron chi connectivity index (χ1n) is 7.58. The SMILES string of the molecule is CCOc1cc(/C=N/NC(=O)c2ccc3c(c2)OCO3)c(Br)c(Br)c1O. The molecule has 136 valence electrons. The number of carbonyl (C=O) groups excluding carboxylic acids is 1. The zero-order valence-corrected chi connectivity index (χ0v) is 16.8. The van der Waals surface area contributed by atoms with Crippen LogP contribution in [0.5, 0.6) is 23.0 Å². The first-order valence-corrected chi connectivity index (χ1v) is 9.16. The van der Waals surface area contributed by atoms with Crippen molar-refractivity contribution >= 4 is 44.0 Å². The molecule has 0 fully saturated rings. The van der Waals surface area contributed by atoms with E-state index in [0.717, 1.165) is 0 Å². The second kappa shape index (κ2) is 7.96. The van der Waals surface area contributed by atoms with Crippen LogP contribution >= 0.6 is 31.9 Å². The Morgan fingerprint density at radius 3 is 2.85 bits per heavy atom. The average molecular weight is 486 g/mol. The maximum Gasteiger partial charge on any atom is 0.271 e. The summed E-state index contributed by atoms with van der Waals surface area (Å²) >= 11 is 6.65. The Balaban J connectivity index is 1.75. The largest absolute Gasteiger partial charge is 0.503 e. The van der Waals surface area contributed by atoms with Crippen molar-refractivity contribution < 1.29 is 24.1 Å². The van der Waals surface area contributed by atoms with Crippen LogP contribution < -0.4 is 19.6 Å². The smallest absolute Gasteiger partial charge is 0.271 e. The minimum absolute atomic E-state index is 0.0136. The average Bonchev–Trinajstić information content (AvgIpc) is 3.11. The molecule has 26 heavy (non-hydrogen) atoms. The van der Waals surface area contributed by atoms with Crippen LogP contribution in [0, 0.1) is 0 Å². The van der Waals surface area contributed by atoms with E-state index < -0.39 is 5.91 Å². The zero-order chi connectivity index (χ0) is 18.7. The van der Waals surface area contributed by atoms with Crippen molar-refractivity contribution in [3.05, 3.63) is 44.3 Å². The second-order valence-corrected chi connectivity index (χ2v) is 6.73. The Kier molecular flexibility index (Phi) is 5.67. The number of nitrogens with zero attached hydrogens (tertiary/aromatic N) is 1. The fraction of sp³-hybridized carbons (Fsp3) is 0.176. The first-order chi connectivity index (χ1) is 12.5. The number of phenolic OH excluding ortho intramolecular Hbond substituents is 1. The van der Waals surface area contributed by atoms with E-state index in [1.54, 1.807) is 24.3 Å². The van der Waals surface area contributed by atoms with Crippen LogP contribution in [0.15, 0.2) is 38.3 Å². The number of ether oxygens (including phenoxy) is 3. The number of hydrazone groups is 1. The summed E-state index contributed by atoms with van der Waals surface area (Å²) in [6.45, 7) is 2.36. The van der Waals surface area contributed by atoms with Gasteiger partial charge in [-0.2, -0.15) is 5.10 Å². The van der Waals surface area contributed by atoms with Crippen LogP contribution in [0.25, 0.3) is 0 Å². The maximum absolute atomic E-state index is 12.2. The van der Waals surface area contributed by atoms with Crippen molar-refractivity contribution in [1.82, 2.24) is 5.43 Å². The fourth-order valence-corrected chi connectivity index (χ4v) is 3.06. The van der Waals surface area contributed by atoms with Crippen molar-refractivity contribution in [2.24, 2.45) is 5.10 Å². The summed E-state index contributed by atoms with van der Waals surface area (Å²) in [6.07, 6.45) is 1.45. The summed E-state index contributed by atoms with van der Waals surface area (Å²) in [5, 5.41) is 14.0. The van der Waals surface area contributed by atoms with Gasteiger partial charge in [-0.25, -0.2) is 5.43 Å². The van der Waals surface area contributed by atoms with Gasteiger partial charge in [0.25, 0.3) is 5.91 Å². The van der Waals surface area contributed by atoms with Gasteiger partial charge in [0.15, 0.2) is 23.0 Å². The number of aromatic hydroxyl groups is 1. The van der Waals surface area contributed by atoms with E-state index in [9.17, 15) is 9.90 Å². The summed E-state index contributed by atoms with van der Waals surface area (Å²) in [5.41, 5.74) is 3.46. The third kappa shape index (κ3) is 3.78. The number of phenols is 1. The van der Waals surface area contributed by atoms with Gasteiger partial charge in [0, 0.05) is 15.6 Å². The molecule has 1 amide bonds. The molecule has 3 rings (SSSR count). The lowest BCUT2D eigenvalue weighted by Gasteiger charge is -2.10. The van der Waals surface area contributed by atoms with Gasteiger partial charge >= 0.3 is 0 Å². The molecule has 0 unspecified atom stereocenters. The van der Waals surface area contributed by atoms with E-state index in [1.807, 2.05) is 6.92 Å². The first kappa shape index (κ1) is 18.5. The lowest BCUT2D eigenvalue weighted by molar-refractivity contribution is 0.0954. The molecule has 0 spiro atoms. The lowest BCUT2D eigenvalue weighted by atomic mass is 10.2. The van der Waals surface area contributed by atoms with E-state index in [0.29, 0.717) is 43.9 Å². The number of amides is 1. The van der Waals surface area contributed by atoms with Gasteiger partial charge in [0.2, 0.25) is 6.79 Å². The quantitative estimate of drug-likeness (QED) is 0.496. The molecule has 9 heteroatoms. The molecule has 1 heterocycles. The molecule has 0 saturated carbocycles. The molecule has 0 radical (unpaired) electrons. The van der Waals surface area contributed by atoms with E-state index in [4.69, 9.17) is 14.2 Å². The van der Waals surface area contributed by atoms with Crippen molar-refractivity contribution in [2.75, 3.05) is 13.4 Å². The fourth-order valence-electron chi connectivity index (χ4n) is 2.23. The molecule has 1 aliphatic heterocycles. The highest BCUT2D eigenvalue weighted by Gasteiger charge is 2.16. The molecule has 2 N–H and O–H groups in total. The third-order valence-corrected chi connectivity index (χ3v) is 5.64. The summed E-state index contributed by atoms with van der Waals surface area (Å²) in [7, 11) is 0. The van der Waals surface area contributed by atoms with E-state index in [1.165, 1.54) is 6.21 Å². The van der Waals surface area contributed by atoms with Gasteiger partial charge in [-0.05, 0) is 63.0 Å². The van der Waals surface area contributed by atoms with Gasteiger partial charge in [-0.1, -0.05) is 0 Å². The number of carbonyl (C=O) groups is 1. The number of halogens is 2. The van der Waals surface area contributed by atoms with Crippen LogP contribution in [-0.4, -0.2) is 30.6 Å².